The third kappa shape index (κ3) is 3.39. The van der Waals surface area contributed by atoms with Crippen molar-refractivity contribution in [2.24, 2.45) is 11.7 Å². The topological polar surface area (TPSA) is 75.4 Å². The van der Waals surface area contributed by atoms with Crippen molar-refractivity contribution in [1.29, 1.82) is 0 Å². The predicted octanol–water partition coefficient (Wildman–Crippen LogP) is 1.17. The smallest absolute Gasteiger partial charge is 0.224 e. The van der Waals surface area contributed by atoms with Crippen LogP contribution in [0.3, 0.4) is 0 Å². The Morgan fingerprint density at radius 3 is 2.81 bits per heavy atom. The van der Waals surface area contributed by atoms with E-state index in [0.29, 0.717) is 18.8 Å². The molecule has 3 rings (SSSR count). The molecule has 0 spiro atoms. The molecule has 2 unspecified atom stereocenters. The zero-order valence-electron chi connectivity index (χ0n) is 12.8. The molecule has 21 heavy (non-hydrogen) atoms. The molecule has 5 heteroatoms. The van der Waals surface area contributed by atoms with Crippen LogP contribution in [0.25, 0.3) is 0 Å². The fourth-order valence-electron chi connectivity index (χ4n) is 4.18. The summed E-state index contributed by atoms with van der Waals surface area (Å²) >= 11 is 0. The van der Waals surface area contributed by atoms with E-state index >= 15 is 0 Å². The van der Waals surface area contributed by atoms with Gasteiger partial charge in [0, 0.05) is 37.5 Å². The Labute approximate surface area is 126 Å². The third-order valence-corrected chi connectivity index (χ3v) is 5.53. The van der Waals surface area contributed by atoms with Crippen LogP contribution in [-0.2, 0) is 9.59 Å². The lowest BCUT2D eigenvalue weighted by Crippen LogP contribution is -2.56. The van der Waals surface area contributed by atoms with Crippen molar-refractivity contribution in [2.45, 2.75) is 69.4 Å². The van der Waals surface area contributed by atoms with Crippen molar-refractivity contribution in [3.05, 3.63) is 0 Å². The van der Waals surface area contributed by atoms with Crippen molar-refractivity contribution in [1.82, 2.24) is 10.2 Å². The molecule has 2 heterocycles. The number of nitrogens with two attached hydrogens (primary N) is 1. The standard InChI is InChI=1S/C16H27N3O2/c17-16(7-2-1-3-8-16)10-15(21)19-9-6-13-12(11-19)4-5-14(20)18-13/h12-13H,1-11,17H2,(H,18,20). The first-order chi connectivity index (χ1) is 10.1. The van der Waals surface area contributed by atoms with Crippen LogP contribution in [0.4, 0.5) is 0 Å². The molecule has 0 bridgehead atoms. The van der Waals surface area contributed by atoms with Crippen LogP contribution < -0.4 is 11.1 Å². The van der Waals surface area contributed by atoms with Gasteiger partial charge in [0.15, 0.2) is 0 Å². The Kier molecular flexibility index (Phi) is 4.20. The molecule has 5 nitrogen and oxygen atoms in total. The van der Waals surface area contributed by atoms with Crippen molar-refractivity contribution >= 4 is 11.8 Å². The number of likely N-dealkylation sites (tertiary alicyclic amines) is 1. The molecule has 2 atom stereocenters. The van der Waals surface area contributed by atoms with Gasteiger partial charge in [0.25, 0.3) is 0 Å². The highest BCUT2D eigenvalue weighted by atomic mass is 16.2. The van der Waals surface area contributed by atoms with Crippen LogP contribution >= 0.6 is 0 Å². The fraction of sp³-hybridized carbons (Fsp3) is 0.875. The number of nitrogens with one attached hydrogen (secondary N) is 1. The Balaban J connectivity index is 1.55. The molecule has 3 N–H and O–H groups in total. The molecular weight excluding hydrogens is 266 g/mol. The van der Waals surface area contributed by atoms with E-state index < -0.39 is 0 Å². The third-order valence-electron chi connectivity index (χ3n) is 5.53. The summed E-state index contributed by atoms with van der Waals surface area (Å²) in [6.07, 6.45) is 8.42. The second kappa shape index (κ2) is 5.95. The zero-order valence-corrected chi connectivity index (χ0v) is 12.8. The summed E-state index contributed by atoms with van der Waals surface area (Å²) in [4.78, 5) is 26.0. The Morgan fingerprint density at radius 2 is 2.05 bits per heavy atom. The van der Waals surface area contributed by atoms with Gasteiger partial charge in [0.2, 0.25) is 11.8 Å². The average Bonchev–Trinajstić information content (AvgIpc) is 2.47. The van der Waals surface area contributed by atoms with Crippen LogP contribution in [-0.4, -0.2) is 41.4 Å². The van der Waals surface area contributed by atoms with Gasteiger partial charge in [0.05, 0.1) is 0 Å². The van der Waals surface area contributed by atoms with E-state index in [2.05, 4.69) is 5.32 Å². The van der Waals surface area contributed by atoms with Crippen molar-refractivity contribution in [3.63, 3.8) is 0 Å². The minimum absolute atomic E-state index is 0.166. The maximum atomic E-state index is 12.6. The molecular formula is C16H27N3O2. The molecule has 1 saturated carbocycles. The summed E-state index contributed by atoms with van der Waals surface area (Å²) in [5.74, 6) is 0.814. The van der Waals surface area contributed by atoms with Gasteiger partial charge in [0.1, 0.15) is 0 Å². The molecule has 118 valence electrons. The van der Waals surface area contributed by atoms with Crippen molar-refractivity contribution in [3.8, 4) is 0 Å². The van der Waals surface area contributed by atoms with E-state index in [0.717, 1.165) is 51.6 Å². The van der Waals surface area contributed by atoms with Gasteiger partial charge in [-0.3, -0.25) is 9.59 Å². The highest BCUT2D eigenvalue weighted by Gasteiger charge is 2.37. The highest BCUT2D eigenvalue weighted by molar-refractivity contribution is 5.79. The van der Waals surface area contributed by atoms with Crippen LogP contribution in [0.2, 0.25) is 0 Å². The molecule has 3 fully saturated rings. The van der Waals surface area contributed by atoms with Gasteiger partial charge in [-0.1, -0.05) is 19.3 Å². The van der Waals surface area contributed by atoms with E-state index in [1.165, 1.54) is 6.42 Å². The molecule has 3 aliphatic rings. The van der Waals surface area contributed by atoms with Gasteiger partial charge in [-0.25, -0.2) is 0 Å². The maximum absolute atomic E-state index is 12.6. The highest BCUT2D eigenvalue weighted by Crippen LogP contribution is 2.31. The number of carbonyl (C=O) groups excluding carboxylic acids is 2. The van der Waals surface area contributed by atoms with Crippen LogP contribution in [0, 0.1) is 5.92 Å². The normalized spacial score (nSPS) is 32.2. The Morgan fingerprint density at radius 1 is 1.29 bits per heavy atom. The summed E-state index contributed by atoms with van der Waals surface area (Å²) in [7, 11) is 0. The lowest BCUT2D eigenvalue weighted by Gasteiger charge is -2.42. The summed E-state index contributed by atoms with van der Waals surface area (Å²) < 4.78 is 0. The fourth-order valence-corrected chi connectivity index (χ4v) is 4.18. The number of hydrogen-bond acceptors (Lipinski definition) is 3. The average molecular weight is 293 g/mol. The molecule has 0 aromatic rings. The number of fused-ring (bicyclic) bond motifs is 1. The summed E-state index contributed by atoms with van der Waals surface area (Å²) in [5, 5.41) is 3.07. The number of amides is 2. The number of hydrogen-bond donors (Lipinski definition) is 2. The lowest BCUT2D eigenvalue weighted by atomic mass is 9.79. The van der Waals surface area contributed by atoms with Crippen LogP contribution in [0.1, 0.15) is 57.8 Å². The van der Waals surface area contributed by atoms with E-state index in [1.54, 1.807) is 0 Å². The molecule has 2 saturated heterocycles. The SMILES string of the molecule is NC1(CC(=O)N2CCC3NC(=O)CCC3C2)CCCCC1. The molecule has 0 aromatic heterocycles. The quantitative estimate of drug-likeness (QED) is 0.802. The van der Waals surface area contributed by atoms with E-state index in [4.69, 9.17) is 5.73 Å². The van der Waals surface area contributed by atoms with Crippen LogP contribution in [0.5, 0.6) is 0 Å². The molecule has 2 aliphatic heterocycles. The minimum atomic E-state index is -0.271. The first-order valence-corrected chi connectivity index (χ1v) is 8.42. The first kappa shape index (κ1) is 14.8. The summed E-state index contributed by atoms with van der Waals surface area (Å²) in [5.41, 5.74) is 6.14. The van der Waals surface area contributed by atoms with Gasteiger partial charge < -0.3 is 16.0 Å². The summed E-state index contributed by atoms with van der Waals surface area (Å²) in [6, 6.07) is 0.275. The van der Waals surface area contributed by atoms with E-state index in [-0.39, 0.29) is 23.4 Å². The molecule has 0 radical (unpaired) electrons. The summed E-state index contributed by atoms with van der Waals surface area (Å²) in [6.45, 7) is 1.55. The predicted molar refractivity (Wildman–Crippen MR) is 80.5 cm³/mol. The monoisotopic (exact) mass is 293 g/mol. The zero-order chi connectivity index (χ0) is 14.9. The minimum Gasteiger partial charge on any atom is -0.353 e. The molecule has 0 aromatic carbocycles. The number of rotatable bonds is 2. The van der Waals surface area contributed by atoms with Crippen molar-refractivity contribution in [2.75, 3.05) is 13.1 Å². The molecule has 1 aliphatic carbocycles. The van der Waals surface area contributed by atoms with Crippen LogP contribution in [0.15, 0.2) is 0 Å². The van der Waals surface area contributed by atoms with E-state index in [9.17, 15) is 9.59 Å². The number of nitrogens with zero attached hydrogens (tertiary/aromatic N) is 1. The number of carbonyl (C=O) groups is 2. The second-order valence-electron chi connectivity index (χ2n) is 7.20. The lowest BCUT2D eigenvalue weighted by molar-refractivity contribution is -0.136. The maximum Gasteiger partial charge on any atom is 0.224 e. The largest absolute Gasteiger partial charge is 0.353 e. The van der Waals surface area contributed by atoms with Gasteiger partial charge >= 0.3 is 0 Å². The van der Waals surface area contributed by atoms with Gasteiger partial charge in [-0.2, -0.15) is 0 Å². The molecule has 2 amide bonds. The Bertz CT molecular complexity index is 418. The number of piperidine rings is 2. The van der Waals surface area contributed by atoms with Gasteiger partial charge in [-0.15, -0.1) is 0 Å². The van der Waals surface area contributed by atoms with Gasteiger partial charge in [-0.05, 0) is 31.6 Å². The Hall–Kier alpha value is -1.10. The first-order valence-electron chi connectivity index (χ1n) is 8.42. The van der Waals surface area contributed by atoms with E-state index in [1.807, 2.05) is 4.90 Å². The van der Waals surface area contributed by atoms with Crippen molar-refractivity contribution < 1.29 is 9.59 Å². The second-order valence-corrected chi connectivity index (χ2v) is 7.20.